The van der Waals surface area contributed by atoms with Crippen LogP contribution >= 0.6 is 0 Å². The van der Waals surface area contributed by atoms with Gasteiger partial charge in [0, 0.05) is 30.4 Å². The van der Waals surface area contributed by atoms with E-state index in [1.54, 1.807) is 26.6 Å². The summed E-state index contributed by atoms with van der Waals surface area (Å²) in [5.74, 6) is 1.53. The van der Waals surface area contributed by atoms with E-state index < -0.39 is 0 Å². The van der Waals surface area contributed by atoms with Crippen LogP contribution in [-0.2, 0) is 6.54 Å². The Kier molecular flexibility index (Phi) is 4.00. The van der Waals surface area contributed by atoms with Gasteiger partial charge in [-0.1, -0.05) is 0 Å². The maximum atomic E-state index is 5.37. The van der Waals surface area contributed by atoms with Crippen molar-refractivity contribution in [3.05, 3.63) is 48.5 Å². The minimum Gasteiger partial charge on any atom is -0.497 e. The van der Waals surface area contributed by atoms with E-state index in [1.807, 2.05) is 24.3 Å². The van der Waals surface area contributed by atoms with Crippen LogP contribution in [0.15, 0.2) is 43.0 Å². The third kappa shape index (κ3) is 2.76. The van der Waals surface area contributed by atoms with Crippen molar-refractivity contribution in [1.82, 2.24) is 15.0 Å². The van der Waals surface area contributed by atoms with Gasteiger partial charge in [0.1, 0.15) is 17.8 Å². The largest absolute Gasteiger partial charge is 0.497 e. The second-order valence-electron chi connectivity index (χ2n) is 4.65. The van der Waals surface area contributed by atoms with E-state index in [0.717, 1.165) is 28.1 Å². The molecular weight excluding hydrogens is 280 g/mol. The Bertz CT molecular complexity index is 787. The molecule has 0 aliphatic rings. The number of hydrogen-bond donors (Lipinski definition) is 1. The lowest BCUT2D eigenvalue weighted by molar-refractivity contribution is 0.404. The number of nitrogens with one attached hydrogen (secondary N) is 1. The number of fused-ring (bicyclic) bond motifs is 1. The third-order valence-corrected chi connectivity index (χ3v) is 3.39. The van der Waals surface area contributed by atoms with E-state index in [0.29, 0.717) is 12.2 Å². The van der Waals surface area contributed by atoms with E-state index in [2.05, 4.69) is 20.3 Å². The highest BCUT2D eigenvalue weighted by Gasteiger charge is 2.07. The molecule has 22 heavy (non-hydrogen) atoms. The van der Waals surface area contributed by atoms with Crippen molar-refractivity contribution in [2.75, 3.05) is 19.5 Å². The first kappa shape index (κ1) is 14.1. The zero-order valence-corrected chi connectivity index (χ0v) is 12.4. The van der Waals surface area contributed by atoms with Crippen LogP contribution in [-0.4, -0.2) is 29.2 Å². The second-order valence-corrected chi connectivity index (χ2v) is 4.65. The predicted octanol–water partition coefficient (Wildman–Crippen LogP) is 2.65. The molecule has 0 saturated heterocycles. The molecule has 0 spiro atoms. The van der Waals surface area contributed by atoms with E-state index in [-0.39, 0.29) is 0 Å². The van der Waals surface area contributed by atoms with E-state index >= 15 is 0 Å². The standard InChI is InChI=1S/C16H16N4O2/c1-21-12-3-4-15(22-2)14(7-12)19-8-11-5-6-18-16-13(11)9-17-10-20-16/h3-7,9-10,19H,8H2,1-2H3. The van der Waals surface area contributed by atoms with Gasteiger partial charge >= 0.3 is 0 Å². The molecular formula is C16H16N4O2. The number of pyridine rings is 1. The Morgan fingerprint density at radius 3 is 2.82 bits per heavy atom. The van der Waals surface area contributed by atoms with Crippen LogP contribution in [0.2, 0.25) is 0 Å². The van der Waals surface area contributed by atoms with Gasteiger partial charge in [-0.05, 0) is 23.8 Å². The zero-order valence-electron chi connectivity index (χ0n) is 12.4. The van der Waals surface area contributed by atoms with Crippen LogP contribution in [0, 0.1) is 0 Å². The number of hydrogen-bond acceptors (Lipinski definition) is 6. The number of ether oxygens (including phenoxy) is 2. The highest BCUT2D eigenvalue weighted by molar-refractivity contribution is 5.77. The van der Waals surface area contributed by atoms with Crippen LogP contribution in [0.3, 0.4) is 0 Å². The van der Waals surface area contributed by atoms with Gasteiger partial charge in [0.25, 0.3) is 0 Å². The van der Waals surface area contributed by atoms with Crippen molar-refractivity contribution in [2.45, 2.75) is 6.54 Å². The molecule has 0 atom stereocenters. The molecule has 1 aromatic carbocycles. The van der Waals surface area contributed by atoms with Crippen molar-refractivity contribution in [3.8, 4) is 11.5 Å². The molecule has 0 aliphatic heterocycles. The Hall–Kier alpha value is -2.89. The molecule has 0 bridgehead atoms. The van der Waals surface area contributed by atoms with Gasteiger partial charge in [-0.3, -0.25) is 0 Å². The summed E-state index contributed by atoms with van der Waals surface area (Å²) in [6.07, 6.45) is 5.02. The van der Waals surface area contributed by atoms with Crippen molar-refractivity contribution in [3.63, 3.8) is 0 Å². The number of benzene rings is 1. The van der Waals surface area contributed by atoms with E-state index in [1.165, 1.54) is 6.33 Å². The van der Waals surface area contributed by atoms with Crippen LogP contribution < -0.4 is 14.8 Å². The van der Waals surface area contributed by atoms with Crippen LogP contribution in [0.5, 0.6) is 11.5 Å². The van der Waals surface area contributed by atoms with Gasteiger partial charge in [0.05, 0.1) is 19.9 Å². The number of aromatic nitrogens is 3. The molecule has 0 amide bonds. The summed E-state index contributed by atoms with van der Waals surface area (Å²) in [4.78, 5) is 12.5. The molecule has 1 N–H and O–H groups in total. The predicted molar refractivity (Wildman–Crippen MR) is 84.2 cm³/mol. The first-order valence-electron chi connectivity index (χ1n) is 6.81. The Labute approximate surface area is 128 Å². The van der Waals surface area contributed by atoms with Crippen molar-refractivity contribution in [1.29, 1.82) is 0 Å². The van der Waals surface area contributed by atoms with Gasteiger partial charge in [-0.15, -0.1) is 0 Å². The summed E-state index contributed by atoms with van der Waals surface area (Å²) in [5.41, 5.74) is 2.62. The summed E-state index contributed by atoms with van der Waals surface area (Å²) < 4.78 is 10.6. The molecule has 0 radical (unpaired) electrons. The Morgan fingerprint density at radius 2 is 2.00 bits per heavy atom. The average molecular weight is 296 g/mol. The molecule has 3 aromatic rings. The monoisotopic (exact) mass is 296 g/mol. The highest BCUT2D eigenvalue weighted by Crippen LogP contribution is 2.29. The van der Waals surface area contributed by atoms with E-state index in [9.17, 15) is 0 Å². The molecule has 112 valence electrons. The van der Waals surface area contributed by atoms with Crippen molar-refractivity contribution in [2.24, 2.45) is 0 Å². The lowest BCUT2D eigenvalue weighted by Gasteiger charge is -2.13. The molecule has 0 fully saturated rings. The van der Waals surface area contributed by atoms with Crippen molar-refractivity contribution >= 4 is 16.7 Å². The SMILES string of the molecule is COc1ccc(OC)c(NCc2ccnc3ncncc23)c1. The Morgan fingerprint density at radius 1 is 1.09 bits per heavy atom. The maximum Gasteiger partial charge on any atom is 0.162 e. The minimum atomic E-state index is 0.607. The first-order valence-corrected chi connectivity index (χ1v) is 6.81. The smallest absolute Gasteiger partial charge is 0.162 e. The lowest BCUT2D eigenvalue weighted by Crippen LogP contribution is -2.03. The fraction of sp³-hybridized carbons (Fsp3) is 0.188. The van der Waals surface area contributed by atoms with Gasteiger partial charge < -0.3 is 14.8 Å². The summed E-state index contributed by atoms with van der Waals surface area (Å²) in [5, 5.41) is 4.29. The van der Waals surface area contributed by atoms with Gasteiger partial charge in [-0.25, -0.2) is 15.0 Å². The summed E-state index contributed by atoms with van der Waals surface area (Å²) in [6.45, 7) is 0.607. The normalized spacial score (nSPS) is 10.5. The fourth-order valence-corrected chi connectivity index (χ4v) is 2.24. The number of methoxy groups -OCH3 is 2. The van der Waals surface area contributed by atoms with Crippen LogP contribution in [0.4, 0.5) is 5.69 Å². The number of anilines is 1. The highest BCUT2D eigenvalue weighted by atomic mass is 16.5. The minimum absolute atomic E-state index is 0.607. The summed E-state index contributed by atoms with van der Waals surface area (Å²) in [7, 11) is 3.28. The average Bonchev–Trinajstić information content (AvgIpc) is 2.59. The molecule has 3 rings (SSSR count). The van der Waals surface area contributed by atoms with Crippen LogP contribution in [0.25, 0.3) is 11.0 Å². The second kappa shape index (κ2) is 6.26. The van der Waals surface area contributed by atoms with E-state index in [4.69, 9.17) is 9.47 Å². The molecule has 6 heteroatoms. The maximum absolute atomic E-state index is 5.37. The van der Waals surface area contributed by atoms with Gasteiger partial charge in [-0.2, -0.15) is 0 Å². The molecule has 0 aliphatic carbocycles. The fourth-order valence-electron chi connectivity index (χ4n) is 2.24. The molecule has 2 aromatic heterocycles. The van der Waals surface area contributed by atoms with Gasteiger partial charge in [0.2, 0.25) is 0 Å². The van der Waals surface area contributed by atoms with Crippen molar-refractivity contribution < 1.29 is 9.47 Å². The number of nitrogens with zero attached hydrogens (tertiary/aromatic N) is 3. The topological polar surface area (TPSA) is 69.2 Å². The van der Waals surface area contributed by atoms with Gasteiger partial charge in [0.15, 0.2) is 5.65 Å². The summed E-state index contributed by atoms with van der Waals surface area (Å²) >= 11 is 0. The zero-order chi connectivity index (χ0) is 15.4. The van der Waals surface area contributed by atoms with Crippen LogP contribution in [0.1, 0.15) is 5.56 Å². The Balaban J connectivity index is 1.88. The molecule has 2 heterocycles. The molecule has 0 unspecified atom stereocenters. The molecule has 0 saturated carbocycles. The third-order valence-electron chi connectivity index (χ3n) is 3.39. The quantitative estimate of drug-likeness (QED) is 0.780. The molecule has 6 nitrogen and oxygen atoms in total. The lowest BCUT2D eigenvalue weighted by atomic mass is 10.2. The first-order chi connectivity index (χ1) is 10.8. The number of rotatable bonds is 5. The summed E-state index contributed by atoms with van der Waals surface area (Å²) in [6, 6.07) is 7.58.